The average molecular weight is 340 g/mol. The smallest absolute Gasteiger partial charge is 0.243 e. The molecular weight excluding hydrogens is 316 g/mol. The van der Waals surface area contributed by atoms with E-state index < -0.39 is 10.0 Å². The molecule has 2 heterocycles. The van der Waals surface area contributed by atoms with Crippen molar-refractivity contribution in [3.05, 3.63) is 24.3 Å². The number of rotatable bonds is 6. The lowest BCUT2D eigenvalue weighted by Crippen LogP contribution is -2.39. The summed E-state index contributed by atoms with van der Waals surface area (Å²) in [5.41, 5.74) is 0. The fourth-order valence-electron chi connectivity index (χ4n) is 3.23. The molecule has 1 aromatic rings. The zero-order valence-electron chi connectivity index (χ0n) is 13.4. The predicted octanol–water partition coefficient (Wildman–Crippen LogP) is 1.23. The highest BCUT2D eigenvalue weighted by molar-refractivity contribution is 7.89. The molecule has 2 aliphatic rings. The summed E-state index contributed by atoms with van der Waals surface area (Å²) < 4.78 is 37.7. The van der Waals surface area contributed by atoms with Crippen molar-refractivity contribution >= 4 is 10.0 Å². The molecule has 3 rings (SSSR count). The maximum atomic E-state index is 12.8. The topological polar surface area (TPSA) is 67.9 Å². The van der Waals surface area contributed by atoms with Gasteiger partial charge in [0, 0.05) is 32.3 Å². The molecule has 2 atom stereocenters. The molecule has 1 aromatic carbocycles. The highest BCUT2D eigenvalue weighted by Gasteiger charge is 2.34. The Balaban J connectivity index is 1.69. The number of methoxy groups -OCH3 is 1. The average Bonchev–Trinajstić information content (AvgIpc) is 2.86. The predicted molar refractivity (Wildman–Crippen MR) is 87.1 cm³/mol. The van der Waals surface area contributed by atoms with E-state index >= 15 is 0 Å². The molecule has 2 fully saturated rings. The van der Waals surface area contributed by atoms with Crippen LogP contribution in [-0.2, 0) is 14.8 Å². The summed E-state index contributed by atoms with van der Waals surface area (Å²) in [6.07, 6.45) is 3.10. The van der Waals surface area contributed by atoms with Crippen molar-refractivity contribution in [3.8, 4) is 5.75 Å². The molecule has 6 nitrogen and oxygen atoms in total. The number of sulfonamides is 1. The largest absolute Gasteiger partial charge is 0.491 e. The van der Waals surface area contributed by atoms with Gasteiger partial charge in [0.05, 0.1) is 11.5 Å². The van der Waals surface area contributed by atoms with E-state index in [1.54, 1.807) is 35.7 Å². The molecule has 0 radical (unpaired) electrons. The third-order valence-electron chi connectivity index (χ3n) is 4.50. The molecule has 2 aliphatic heterocycles. The first kappa shape index (κ1) is 16.7. The second-order valence-corrected chi connectivity index (χ2v) is 8.04. The number of hydrogen-bond donors (Lipinski definition) is 1. The van der Waals surface area contributed by atoms with Crippen LogP contribution >= 0.6 is 0 Å². The Kier molecular flexibility index (Phi) is 5.21. The third-order valence-corrected chi connectivity index (χ3v) is 6.38. The van der Waals surface area contributed by atoms with Crippen molar-refractivity contribution < 1.29 is 17.9 Å². The second-order valence-electron chi connectivity index (χ2n) is 6.10. The van der Waals surface area contributed by atoms with Crippen LogP contribution in [0, 0.1) is 0 Å². The van der Waals surface area contributed by atoms with E-state index in [1.807, 2.05) is 0 Å². The van der Waals surface area contributed by atoms with Crippen molar-refractivity contribution in [1.29, 1.82) is 0 Å². The minimum atomic E-state index is -3.44. The standard InChI is InChI=1S/C16H24N2O4S/c1-21-10-11-22-15-4-6-16(7-5-15)23(19,20)18-9-8-13-2-3-14(12-18)17-13/h4-7,13-14,17H,2-3,8-12H2,1H3. The summed E-state index contributed by atoms with van der Waals surface area (Å²) in [6, 6.07) is 7.39. The van der Waals surface area contributed by atoms with E-state index in [-0.39, 0.29) is 6.04 Å². The molecule has 2 saturated heterocycles. The zero-order chi connectivity index (χ0) is 16.3. The van der Waals surface area contributed by atoms with E-state index in [0.717, 1.165) is 19.3 Å². The Bertz CT molecular complexity index is 617. The number of nitrogens with zero attached hydrogens (tertiary/aromatic N) is 1. The van der Waals surface area contributed by atoms with Crippen molar-refractivity contribution in [1.82, 2.24) is 9.62 Å². The van der Waals surface area contributed by atoms with Crippen LogP contribution in [0.3, 0.4) is 0 Å². The Morgan fingerprint density at radius 2 is 1.87 bits per heavy atom. The Labute approximate surface area is 137 Å². The maximum absolute atomic E-state index is 12.8. The first-order valence-corrected chi connectivity index (χ1v) is 9.51. The van der Waals surface area contributed by atoms with Crippen LogP contribution < -0.4 is 10.1 Å². The van der Waals surface area contributed by atoms with Gasteiger partial charge in [0.2, 0.25) is 10.0 Å². The lowest BCUT2D eigenvalue weighted by Gasteiger charge is -2.23. The number of fused-ring (bicyclic) bond motifs is 2. The van der Waals surface area contributed by atoms with Gasteiger partial charge in [-0.2, -0.15) is 4.31 Å². The molecule has 2 bridgehead atoms. The van der Waals surface area contributed by atoms with Crippen LogP contribution in [-0.4, -0.2) is 58.2 Å². The van der Waals surface area contributed by atoms with Gasteiger partial charge < -0.3 is 14.8 Å². The first-order chi connectivity index (χ1) is 11.1. The van der Waals surface area contributed by atoms with Gasteiger partial charge in [-0.15, -0.1) is 0 Å². The summed E-state index contributed by atoms with van der Waals surface area (Å²) >= 11 is 0. The zero-order valence-corrected chi connectivity index (χ0v) is 14.2. The van der Waals surface area contributed by atoms with Crippen molar-refractivity contribution in [3.63, 3.8) is 0 Å². The van der Waals surface area contributed by atoms with Crippen LogP contribution in [0.2, 0.25) is 0 Å². The van der Waals surface area contributed by atoms with Gasteiger partial charge in [0.25, 0.3) is 0 Å². The minimum absolute atomic E-state index is 0.286. The molecule has 7 heteroatoms. The van der Waals surface area contributed by atoms with Gasteiger partial charge in [-0.25, -0.2) is 8.42 Å². The summed E-state index contributed by atoms with van der Waals surface area (Å²) in [4.78, 5) is 0.328. The monoisotopic (exact) mass is 340 g/mol. The van der Waals surface area contributed by atoms with E-state index in [1.165, 1.54) is 0 Å². The van der Waals surface area contributed by atoms with Crippen LogP contribution in [0.15, 0.2) is 29.2 Å². The molecule has 128 valence electrons. The Hall–Kier alpha value is -1.15. The van der Waals surface area contributed by atoms with Gasteiger partial charge in [-0.05, 0) is 43.5 Å². The highest BCUT2D eigenvalue weighted by Crippen LogP contribution is 2.26. The van der Waals surface area contributed by atoms with Gasteiger partial charge in [-0.3, -0.25) is 0 Å². The number of hydrogen-bond acceptors (Lipinski definition) is 5. The molecule has 0 amide bonds. The van der Waals surface area contributed by atoms with Gasteiger partial charge in [0.1, 0.15) is 12.4 Å². The molecular formula is C16H24N2O4S. The summed E-state index contributed by atoms with van der Waals surface area (Å²) in [7, 11) is -1.82. The maximum Gasteiger partial charge on any atom is 0.243 e. The number of nitrogens with one attached hydrogen (secondary N) is 1. The number of ether oxygens (including phenoxy) is 2. The van der Waals surface area contributed by atoms with E-state index in [4.69, 9.17) is 9.47 Å². The highest BCUT2D eigenvalue weighted by atomic mass is 32.2. The fraction of sp³-hybridized carbons (Fsp3) is 0.625. The van der Waals surface area contributed by atoms with Crippen molar-refractivity contribution in [2.45, 2.75) is 36.2 Å². The van der Waals surface area contributed by atoms with Gasteiger partial charge in [0.15, 0.2) is 0 Å². The van der Waals surface area contributed by atoms with E-state index in [0.29, 0.717) is 43.0 Å². The van der Waals surface area contributed by atoms with Crippen molar-refractivity contribution in [2.24, 2.45) is 0 Å². The minimum Gasteiger partial charge on any atom is -0.491 e. The van der Waals surface area contributed by atoms with Crippen LogP contribution in [0.25, 0.3) is 0 Å². The van der Waals surface area contributed by atoms with Crippen molar-refractivity contribution in [2.75, 3.05) is 33.4 Å². The van der Waals surface area contributed by atoms with Crippen LogP contribution in [0.1, 0.15) is 19.3 Å². The Morgan fingerprint density at radius 3 is 2.61 bits per heavy atom. The molecule has 23 heavy (non-hydrogen) atoms. The van der Waals surface area contributed by atoms with E-state index in [2.05, 4.69) is 5.32 Å². The fourth-order valence-corrected chi connectivity index (χ4v) is 4.73. The summed E-state index contributed by atoms with van der Waals surface area (Å²) in [6.45, 7) is 2.10. The summed E-state index contributed by atoms with van der Waals surface area (Å²) in [5.74, 6) is 0.651. The van der Waals surface area contributed by atoms with Crippen LogP contribution in [0.5, 0.6) is 5.75 Å². The van der Waals surface area contributed by atoms with Gasteiger partial charge in [-0.1, -0.05) is 0 Å². The Morgan fingerprint density at radius 1 is 1.13 bits per heavy atom. The lowest BCUT2D eigenvalue weighted by molar-refractivity contribution is 0.146. The first-order valence-electron chi connectivity index (χ1n) is 8.07. The SMILES string of the molecule is COCCOc1ccc(S(=O)(=O)N2CCC3CCC(C2)N3)cc1. The second kappa shape index (κ2) is 7.17. The normalized spacial score (nSPS) is 25.3. The third kappa shape index (κ3) is 3.85. The molecule has 0 spiro atoms. The molecule has 0 saturated carbocycles. The molecule has 0 aromatic heterocycles. The molecule has 1 N–H and O–H groups in total. The molecule has 0 aliphatic carbocycles. The lowest BCUT2D eigenvalue weighted by atomic mass is 10.1. The van der Waals surface area contributed by atoms with Crippen LogP contribution in [0.4, 0.5) is 0 Å². The number of benzene rings is 1. The summed E-state index contributed by atoms with van der Waals surface area (Å²) in [5, 5.41) is 3.51. The van der Waals surface area contributed by atoms with Gasteiger partial charge >= 0.3 is 0 Å². The van der Waals surface area contributed by atoms with E-state index in [9.17, 15) is 8.42 Å². The quantitative estimate of drug-likeness (QED) is 0.789. The molecule has 2 unspecified atom stereocenters.